The van der Waals surface area contributed by atoms with Gasteiger partial charge in [-0.15, -0.1) is 0 Å². The van der Waals surface area contributed by atoms with Gasteiger partial charge in [-0.2, -0.15) is 0 Å². The molecule has 0 aliphatic carbocycles. The van der Waals surface area contributed by atoms with E-state index in [1.165, 1.54) is 0 Å². The fourth-order valence-corrected chi connectivity index (χ4v) is 1.03. The molecule has 13 heavy (non-hydrogen) atoms. The van der Waals surface area contributed by atoms with Crippen molar-refractivity contribution in [3.8, 4) is 0 Å². The zero-order valence-corrected chi connectivity index (χ0v) is 8.41. The van der Waals surface area contributed by atoms with Crippen LogP contribution in [0, 0.1) is 0 Å². The second-order valence-electron chi connectivity index (χ2n) is 3.70. The molecular weight excluding hydrogens is 166 g/mol. The Morgan fingerprint density at radius 1 is 1.62 bits per heavy atom. The summed E-state index contributed by atoms with van der Waals surface area (Å²) in [6.07, 6.45) is 3.66. The molecule has 74 valence electrons. The highest BCUT2D eigenvalue weighted by Gasteiger charge is 2.17. The number of nitrogens with zero attached hydrogens (tertiary/aromatic N) is 2. The normalized spacial score (nSPS) is 11.7. The topological polar surface area (TPSA) is 50.1 Å². The lowest BCUT2D eigenvalue weighted by atomic mass is 10.1. The standard InChI is InChI=1S/C9H17N3O/c1-4-12-6-5-10-8(12)11-9(2,3)7-13/h5-6,13H,4,7H2,1-3H3,(H,10,11). The molecule has 1 aromatic heterocycles. The summed E-state index contributed by atoms with van der Waals surface area (Å²) in [7, 11) is 0. The van der Waals surface area contributed by atoms with Crippen LogP contribution in [0.1, 0.15) is 20.8 Å². The maximum absolute atomic E-state index is 9.06. The van der Waals surface area contributed by atoms with E-state index in [-0.39, 0.29) is 12.1 Å². The first-order chi connectivity index (χ1) is 6.09. The van der Waals surface area contributed by atoms with Crippen LogP contribution in [0.3, 0.4) is 0 Å². The second kappa shape index (κ2) is 3.79. The summed E-state index contributed by atoms with van der Waals surface area (Å²) in [5.41, 5.74) is -0.321. The van der Waals surface area contributed by atoms with Gasteiger partial charge in [-0.25, -0.2) is 4.98 Å². The lowest BCUT2D eigenvalue weighted by molar-refractivity contribution is 0.233. The molecule has 0 amide bonds. The Kier molecular flexibility index (Phi) is 2.93. The van der Waals surface area contributed by atoms with Crippen LogP contribution in [0.15, 0.2) is 12.4 Å². The number of hydrogen-bond acceptors (Lipinski definition) is 3. The van der Waals surface area contributed by atoms with Crippen molar-refractivity contribution in [2.24, 2.45) is 0 Å². The van der Waals surface area contributed by atoms with E-state index in [9.17, 15) is 0 Å². The van der Waals surface area contributed by atoms with Gasteiger partial charge in [0.2, 0.25) is 5.95 Å². The second-order valence-corrected chi connectivity index (χ2v) is 3.70. The van der Waals surface area contributed by atoms with E-state index in [2.05, 4.69) is 17.2 Å². The van der Waals surface area contributed by atoms with Crippen LogP contribution < -0.4 is 5.32 Å². The summed E-state index contributed by atoms with van der Waals surface area (Å²) in [5, 5.41) is 12.2. The van der Waals surface area contributed by atoms with Gasteiger partial charge in [0.05, 0.1) is 12.1 Å². The van der Waals surface area contributed by atoms with Crippen LogP contribution in [0.5, 0.6) is 0 Å². The molecule has 0 saturated carbocycles. The average Bonchev–Trinajstić information content (AvgIpc) is 2.51. The summed E-state index contributed by atoms with van der Waals surface area (Å²) in [6.45, 7) is 6.88. The molecule has 2 N–H and O–H groups in total. The molecule has 4 nitrogen and oxygen atoms in total. The van der Waals surface area contributed by atoms with E-state index in [0.717, 1.165) is 12.5 Å². The van der Waals surface area contributed by atoms with Gasteiger partial charge in [-0.1, -0.05) is 0 Å². The predicted octanol–water partition coefficient (Wildman–Crippen LogP) is 1.09. The lowest BCUT2D eigenvalue weighted by Crippen LogP contribution is -2.36. The molecule has 1 rings (SSSR count). The van der Waals surface area contributed by atoms with Crippen molar-refractivity contribution >= 4 is 5.95 Å². The number of aryl methyl sites for hydroxylation is 1. The monoisotopic (exact) mass is 183 g/mol. The zero-order chi connectivity index (χ0) is 9.90. The molecule has 0 aliphatic rings. The van der Waals surface area contributed by atoms with Gasteiger partial charge in [0.1, 0.15) is 0 Å². The minimum Gasteiger partial charge on any atom is -0.394 e. The first-order valence-electron chi connectivity index (χ1n) is 4.49. The van der Waals surface area contributed by atoms with Crippen LogP contribution in [0.4, 0.5) is 5.95 Å². The van der Waals surface area contributed by atoms with Gasteiger partial charge in [0.15, 0.2) is 0 Å². The van der Waals surface area contributed by atoms with Crippen molar-refractivity contribution < 1.29 is 5.11 Å². The smallest absolute Gasteiger partial charge is 0.203 e. The highest BCUT2D eigenvalue weighted by molar-refractivity contribution is 5.29. The molecule has 1 heterocycles. The number of aliphatic hydroxyl groups is 1. The van der Waals surface area contributed by atoms with Crippen molar-refractivity contribution in [2.45, 2.75) is 32.9 Å². The van der Waals surface area contributed by atoms with Crippen LogP contribution >= 0.6 is 0 Å². The molecule has 1 aromatic rings. The molecule has 0 atom stereocenters. The molecule has 0 unspecified atom stereocenters. The first-order valence-corrected chi connectivity index (χ1v) is 4.49. The van der Waals surface area contributed by atoms with E-state index in [4.69, 9.17) is 5.11 Å². The number of aliphatic hydroxyl groups excluding tert-OH is 1. The summed E-state index contributed by atoms with van der Waals surface area (Å²) in [5.74, 6) is 0.807. The summed E-state index contributed by atoms with van der Waals surface area (Å²) >= 11 is 0. The fraction of sp³-hybridized carbons (Fsp3) is 0.667. The van der Waals surface area contributed by atoms with Crippen molar-refractivity contribution in [1.29, 1.82) is 0 Å². The van der Waals surface area contributed by atoms with Gasteiger partial charge in [0, 0.05) is 18.9 Å². The van der Waals surface area contributed by atoms with Crippen molar-refractivity contribution in [1.82, 2.24) is 9.55 Å². The zero-order valence-electron chi connectivity index (χ0n) is 8.41. The van der Waals surface area contributed by atoms with E-state index in [0.29, 0.717) is 0 Å². The van der Waals surface area contributed by atoms with E-state index >= 15 is 0 Å². The molecule has 0 spiro atoms. The van der Waals surface area contributed by atoms with Crippen molar-refractivity contribution in [3.63, 3.8) is 0 Å². The Hall–Kier alpha value is -1.03. The first kappa shape index (κ1) is 10.1. The van der Waals surface area contributed by atoms with Gasteiger partial charge >= 0.3 is 0 Å². The molecule has 4 heteroatoms. The fourth-order valence-electron chi connectivity index (χ4n) is 1.03. The SMILES string of the molecule is CCn1ccnc1NC(C)(C)CO. The van der Waals surface area contributed by atoms with Gasteiger partial charge in [0.25, 0.3) is 0 Å². The molecule has 0 bridgehead atoms. The highest BCUT2D eigenvalue weighted by Crippen LogP contribution is 2.12. The maximum Gasteiger partial charge on any atom is 0.203 e. The minimum atomic E-state index is -0.321. The maximum atomic E-state index is 9.06. The molecule has 0 fully saturated rings. The molecule has 0 aromatic carbocycles. The Bertz CT molecular complexity index is 268. The summed E-state index contributed by atoms with van der Waals surface area (Å²) < 4.78 is 2.00. The van der Waals surface area contributed by atoms with Crippen molar-refractivity contribution in [2.75, 3.05) is 11.9 Å². The number of aromatic nitrogens is 2. The van der Waals surface area contributed by atoms with Gasteiger partial charge < -0.3 is 15.0 Å². The average molecular weight is 183 g/mol. The van der Waals surface area contributed by atoms with E-state index < -0.39 is 0 Å². The van der Waals surface area contributed by atoms with Crippen LogP contribution in [0.2, 0.25) is 0 Å². The third kappa shape index (κ3) is 2.45. The Morgan fingerprint density at radius 3 is 2.85 bits per heavy atom. The Balaban J connectivity index is 2.73. The highest BCUT2D eigenvalue weighted by atomic mass is 16.3. The van der Waals surface area contributed by atoms with E-state index in [1.807, 2.05) is 24.6 Å². The predicted molar refractivity (Wildman–Crippen MR) is 52.7 cm³/mol. The van der Waals surface area contributed by atoms with Crippen LogP contribution in [-0.4, -0.2) is 26.8 Å². The molecule has 0 radical (unpaired) electrons. The van der Waals surface area contributed by atoms with Gasteiger partial charge in [-0.3, -0.25) is 0 Å². The van der Waals surface area contributed by atoms with Gasteiger partial charge in [-0.05, 0) is 20.8 Å². The quantitative estimate of drug-likeness (QED) is 0.734. The number of anilines is 1. The largest absolute Gasteiger partial charge is 0.394 e. The number of imidazole rings is 1. The third-order valence-electron chi connectivity index (χ3n) is 1.90. The number of rotatable bonds is 4. The number of nitrogens with one attached hydrogen (secondary N) is 1. The van der Waals surface area contributed by atoms with Crippen LogP contribution in [0.25, 0.3) is 0 Å². The van der Waals surface area contributed by atoms with E-state index in [1.54, 1.807) is 6.20 Å². The van der Waals surface area contributed by atoms with Crippen LogP contribution in [-0.2, 0) is 6.54 Å². The molecular formula is C9H17N3O. The lowest BCUT2D eigenvalue weighted by Gasteiger charge is -2.24. The Labute approximate surface area is 78.6 Å². The molecule has 0 aliphatic heterocycles. The van der Waals surface area contributed by atoms with Crippen molar-refractivity contribution in [3.05, 3.63) is 12.4 Å². The third-order valence-corrected chi connectivity index (χ3v) is 1.90. The summed E-state index contributed by atoms with van der Waals surface area (Å²) in [6, 6.07) is 0. The minimum absolute atomic E-state index is 0.0869. The number of hydrogen-bond donors (Lipinski definition) is 2. The Morgan fingerprint density at radius 2 is 2.31 bits per heavy atom. The summed E-state index contributed by atoms with van der Waals surface area (Å²) in [4.78, 5) is 4.16. The molecule has 0 saturated heterocycles.